The van der Waals surface area contributed by atoms with Gasteiger partial charge in [-0.05, 0) is 18.6 Å². The van der Waals surface area contributed by atoms with Crippen molar-refractivity contribution in [1.29, 1.82) is 0 Å². The maximum atomic E-state index is 13.4. The van der Waals surface area contributed by atoms with Gasteiger partial charge in [-0.25, -0.2) is 17.2 Å². The molecule has 1 saturated heterocycles. The molecule has 1 aliphatic rings. The Labute approximate surface area is 157 Å². The minimum Gasteiger partial charge on any atom is -0.489 e. The highest BCUT2D eigenvalue weighted by Gasteiger charge is 2.28. The lowest BCUT2D eigenvalue weighted by Crippen LogP contribution is -2.45. The first-order chi connectivity index (χ1) is 10.9. The van der Waals surface area contributed by atoms with Gasteiger partial charge in [-0.3, -0.25) is 4.99 Å². The van der Waals surface area contributed by atoms with Crippen LogP contribution >= 0.6 is 24.0 Å². The highest BCUT2D eigenvalue weighted by molar-refractivity contribution is 14.0. The number of nitrogens with zero attached hydrogens (tertiary/aromatic N) is 1. The van der Waals surface area contributed by atoms with Crippen molar-refractivity contribution in [2.75, 3.05) is 31.7 Å². The van der Waals surface area contributed by atoms with Crippen LogP contribution in [0.1, 0.15) is 6.42 Å². The molecule has 1 aromatic rings. The molecule has 0 spiro atoms. The summed E-state index contributed by atoms with van der Waals surface area (Å²) in [6.45, 7) is 0.474. The molecule has 24 heavy (non-hydrogen) atoms. The molecule has 1 atom stereocenters. The third-order valence-corrected chi connectivity index (χ3v) is 5.11. The average Bonchev–Trinajstić information content (AvgIpc) is 2.83. The highest BCUT2D eigenvalue weighted by Crippen LogP contribution is 2.17. The predicted molar refractivity (Wildman–Crippen MR) is 98.8 cm³/mol. The van der Waals surface area contributed by atoms with E-state index in [2.05, 4.69) is 15.6 Å². The van der Waals surface area contributed by atoms with E-state index in [1.165, 1.54) is 6.07 Å². The molecule has 0 amide bonds. The van der Waals surface area contributed by atoms with E-state index in [-0.39, 0.29) is 53.9 Å². The lowest BCUT2D eigenvalue weighted by atomic mass is 10.3. The number of nitrogens with one attached hydrogen (secondary N) is 2. The van der Waals surface area contributed by atoms with Crippen molar-refractivity contribution in [3.05, 3.63) is 29.8 Å². The zero-order chi connectivity index (χ0) is 16.9. The number of ether oxygens (including phenoxy) is 1. The minimum absolute atomic E-state index is 0. The number of aliphatic imine (C=N–C) groups is 1. The van der Waals surface area contributed by atoms with Crippen LogP contribution in [0.3, 0.4) is 0 Å². The molecule has 0 aliphatic carbocycles. The number of sulfone groups is 1. The van der Waals surface area contributed by atoms with E-state index in [4.69, 9.17) is 4.74 Å². The van der Waals surface area contributed by atoms with Crippen LogP contribution < -0.4 is 15.4 Å². The zero-order valence-electron chi connectivity index (χ0n) is 13.1. The summed E-state index contributed by atoms with van der Waals surface area (Å²) in [5.74, 6) is -0.736. The smallest absolute Gasteiger partial charge is 0.191 e. The van der Waals surface area contributed by atoms with Crippen molar-refractivity contribution in [2.24, 2.45) is 4.99 Å². The van der Waals surface area contributed by atoms with Gasteiger partial charge in [-0.2, -0.15) is 0 Å². The van der Waals surface area contributed by atoms with Gasteiger partial charge in [-0.1, -0.05) is 0 Å². The average molecular weight is 475 g/mol. The van der Waals surface area contributed by atoms with Crippen LogP contribution in [0, 0.1) is 11.6 Å². The summed E-state index contributed by atoms with van der Waals surface area (Å²) in [6.07, 6.45) is 0.542. The lowest BCUT2D eigenvalue weighted by molar-refractivity contribution is 0.304. The standard InChI is InChI=1S/C14H19F2N3O3S.HI/c1-17-14(19-11-4-7-23(20,21)9-11)18-5-6-22-13-3-2-10(15)8-12(13)16;/h2-3,8,11H,4-7,9H2,1H3,(H2,17,18,19);1H. The fourth-order valence-corrected chi connectivity index (χ4v) is 3.89. The van der Waals surface area contributed by atoms with Crippen molar-refractivity contribution < 1.29 is 21.9 Å². The monoisotopic (exact) mass is 475 g/mol. The van der Waals surface area contributed by atoms with Gasteiger partial charge in [0.05, 0.1) is 18.1 Å². The first-order valence-electron chi connectivity index (χ1n) is 7.15. The summed E-state index contributed by atoms with van der Waals surface area (Å²) >= 11 is 0. The number of guanidine groups is 1. The second-order valence-electron chi connectivity index (χ2n) is 5.17. The van der Waals surface area contributed by atoms with Gasteiger partial charge in [-0.15, -0.1) is 24.0 Å². The molecule has 0 aromatic heterocycles. The normalized spacial score (nSPS) is 19.5. The molecule has 0 radical (unpaired) electrons. The van der Waals surface area contributed by atoms with E-state index < -0.39 is 21.5 Å². The third-order valence-electron chi connectivity index (χ3n) is 3.34. The van der Waals surface area contributed by atoms with Crippen LogP contribution in [0.15, 0.2) is 23.2 Å². The van der Waals surface area contributed by atoms with Gasteiger partial charge < -0.3 is 15.4 Å². The number of rotatable bonds is 5. The van der Waals surface area contributed by atoms with Gasteiger partial charge in [0.1, 0.15) is 12.4 Å². The van der Waals surface area contributed by atoms with Crippen LogP contribution in [0.25, 0.3) is 0 Å². The third kappa shape index (κ3) is 6.38. The van der Waals surface area contributed by atoms with Crippen LogP contribution in [0.5, 0.6) is 5.75 Å². The molecule has 6 nitrogen and oxygen atoms in total. The fraction of sp³-hybridized carbons (Fsp3) is 0.500. The minimum atomic E-state index is -2.96. The molecule has 1 aliphatic heterocycles. The zero-order valence-corrected chi connectivity index (χ0v) is 16.2. The Morgan fingerprint density at radius 2 is 2.17 bits per heavy atom. The molecule has 1 aromatic carbocycles. The molecule has 0 saturated carbocycles. The van der Waals surface area contributed by atoms with Gasteiger partial charge in [0.25, 0.3) is 0 Å². The van der Waals surface area contributed by atoms with Crippen LogP contribution in [-0.2, 0) is 9.84 Å². The van der Waals surface area contributed by atoms with Crippen molar-refractivity contribution in [2.45, 2.75) is 12.5 Å². The summed E-state index contributed by atoms with van der Waals surface area (Å²) in [6, 6.07) is 2.93. The summed E-state index contributed by atoms with van der Waals surface area (Å²) < 4.78 is 54.1. The topological polar surface area (TPSA) is 79.8 Å². The van der Waals surface area contributed by atoms with E-state index >= 15 is 0 Å². The van der Waals surface area contributed by atoms with Gasteiger partial charge in [0, 0.05) is 19.2 Å². The molecule has 1 unspecified atom stereocenters. The number of halogens is 3. The second-order valence-corrected chi connectivity index (χ2v) is 7.40. The lowest BCUT2D eigenvalue weighted by Gasteiger charge is -2.16. The Balaban J connectivity index is 0.00000288. The Morgan fingerprint density at radius 3 is 2.75 bits per heavy atom. The maximum Gasteiger partial charge on any atom is 0.191 e. The number of benzene rings is 1. The predicted octanol–water partition coefficient (Wildman–Crippen LogP) is 1.31. The molecule has 0 bridgehead atoms. The van der Waals surface area contributed by atoms with Crippen molar-refractivity contribution >= 4 is 39.8 Å². The summed E-state index contributed by atoms with van der Waals surface area (Å²) in [5, 5.41) is 5.97. The van der Waals surface area contributed by atoms with Crippen LogP contribution in [0.4, 0.5) is 8.78 Å². The van der Waals surface area contributed by atoms with Crippen molar-refractivity contribution in [3.8, 4) is 5.75 Å². The number of hydrogen-bond donors (Lipinski definition) is 2. The Hall–Kier alpha value is -1.17. The van der Waals surface area contributed by atoms with E-state index in [0.717, 1.165) is 12.1 Å². The first kappa shape index (κ1) is 20.9. The fourth-order valence-electron chi connectivity index (χ4n) is 2.22. The molecular formula is C14H20F2IN3O3S. The molecular weight excluding hydrogens is 455 g/mol. The quantitative estimate of drug-likeness (QED) is 0.291. The summed E-state index contributed by atoms with van der Waals surface area (Å²) in [5.41, 5.74) is 0. The molecule has 1 fully saturated rings. The molecule has 10 heteroatoms. The second kappa shape index (κ2) is 9.35. The summed E-state index contributed by atoms with van der Waals surface area (Å²) in [4.78, 5) is 3.99. The molecule has 2 rings (SSSR count). The maximum absolute atomic E-state index is 13.4. The molecule has 2 N–H and O–H groups in total. The molecule has 136 valence electrons. The van der Waals surface area contributed by atoms with E-state index in [1.54, 1.807) is 7.05 Å². The SMILES string of the molecule is CN=C(NCCOc1ccc(F)cc1F)NC1CCS(=O)(=O)C1.I. The van der Waals surface area contributed by atoms with Crippen LogP contribution in [0.2, 0.25) is 0 Å². The Bertz CT molecular complexity index is 686. The van der Waals surface area contributed by atoms with Crippen LogP contribution in [-0.4, -0.2) is 52.1 Å². The highest BCUT2D eigenvalue weighted by atomic mass is 127. The van der Waals surface area contributed by atoms with E-state index in [1.807, 2.05) is 0 Å². The summed E-state index contributed by atoms with van der Waals surface area (Å²) in [7, 11) is -1.39. The van der Waals surface area contributed by atoms with Crippen molar-refractivity contribution in [1.82, 2.24) is 10.6 Å². The van der Waals surface area contributed by atoms with Gasteiger partial charge in [0.15, 0.2) is 27.4 Å². The van der Waals surface area contributed by atoms with E-state index in [0.29, 0.717) is 18.9 Å². The number of hydrogen-bond acceptors (Lipinski definition) is 4. The first-order valence-corrected chi connectivity index (χ1v) is 8.97. The largest absolute Gasteiger partial charge is 0.489 e. The van der Waals surface area contributed by atoms with E-state index in [9.17, 15) is 17.2 Å². The Morgan fingerprint density at radius 1 is 1.42 bits per heavy atom. The Kier molecular flexibility index (Phi) is 8.13. The van der Waals surface area contributed by atoms with Gasteiger partial charge >= 0.3 is 0 Å². The van der Waals surface area contributed by atoms with Gasteiger partial charge in [0.2, 0.25) is 0 Å². The molecule has 1 heterocycles. The van der Waals surface area contributed by atoms with Crippen molar-refractivity contribution in [3.63, 3.8) is 0 Å².